The van der Waals surface area contributed by atoms with E-state index in [4.69, 9.17) is 0 Å². The van der Waals surface area contributed by atoms with E-state index >= 15 is 0 Å². The van der Waals surface area contributed by atoms with Crippen molar-refractivity contribution in [1.29, 1.82) is 0 Å². The average Bonchev–Trinajstić information content (AvgIpc) is 2.39. The molecule has 0 atom stereocenters. The maximum Gasteiger partial charge on any atom is 0.406 e. The van der Waals surface area contributed by atoms with Crippen molar-refractivity contribution in [3.05, 3.63) is 53.6 Å². The smallest absolute Gasteiger partial charge is 0.288 e. The van der Waals surface area contributed by atoms with Gasteiger partial charge in [0.05, 0.1) is 0 Å². The highest BCUT2D eigenvalue weighted by atomic mass is 32.3. The quantitative estimate of drug-likeness (QED) is 0.742. The first-order valence-electron chi connectivity index (χ1n) is 5.92. The van der Waals surface area contributed by atoms with E-state index in [1.165, 1.54) is 6.08 Å². The van der Waals surface area contributed by atoms with Crippen LogP contribution in [0.15, 0.2) is 42.5 Å². The van der Waals surface area contributed by atoms with E-state index in [2.05, 4.69) is 8.37 Å². The first-order valence-corrected chi connectivity index (χ1v) is 7.26. The van der Waals surface area contributed by atoms with Crippen LogP contribution in [0.2, 0.25) is 0 Å². The van der Waals surface area contributed by atoms with Gasteiger partial charge in [0.15, 0.2) is 0 Å². The molecule has 0 aromatic heterocycles. The second kappa shape index (κ2) is 3.54. The molecule has 1 fully saturated rings. The second-order valence-electron chi connectivity index (χ2n) is 4.69. The second-order valence-corrected chi connectivity index (χ2v) is 5.84. The Balaban J connectivity index is 1.90. The van der Waals surface area contributed by atoms with E-state index in [1.807, 2.05) is 30.3 Å². The number of fused-ring (bicyclic) bond motifs is 2. The van der Waals surface area contributed by atoms with Gasteiger partial charge in [-0.1, -0.05) is 30.3 Å². The number of ketones is 1. The zero-order valence-electron chi connectivity index (χ0n) is 10.1. The lowest BCUT2D eigenvalue weighted by Crippen LogP contribution is -2.55. The molecule has 6 heteroatoms. The Kier molecular flexibility index (Phi) is 2.09. The van der Waals surface area contributed by atoms with Crippen LogP contribution in [0.4, 0.5) is 0 Å². The molecule has 2 aromatic carbocycles. The minimum Gasteiger partial charge on any atom is -0.288 e. The lowest BCUT2D eigenvalue weighted by atomic mass is 9.90. The van der Waals surface area contributed by atoms with E-state index in [1.54, 1.807) is 12.1 Å². The first-order chi connectivity index (χ1) is 9.49. The fraction of sp³-hybridized carbons (Fsp3) is 0.0714. The summed E-state index contributed by atoms with van der Waals surface area (Å²) in [5, 5.41) is 1.90. The molecule has 1 aliphatic carbocycles. The molecule has 1 aliphatic heterocycles. The molecule has 0 bridgehead atoms. The molecular weight excluding hydrogens is 280 g/mol. The highest BCUT2D eigenvalue weighted by Crippen LogP contribution is 2.40. The van der Waals surface area contributed by atoms with Crippen molar-refractivity contribution in [3.8, 4) is 0 Å². The molecule has 0 N–H and O–H groups in total. The van der Waals surface area contributed by atoms with Crippen LogP contribution >= 0.6 is 0 Å². The topological polar surface area (TPSA) is 69.7 Å². The van der Waals surface area contributed by atoms with Crippen LogP contribution in [0.5, 0.6) is 0 Å². The number of rotatable bonds is 0. The third kappa shape index (κ3) is 1.49. The summed E-state index contributed by atoms with van der Waals surface area (Å²) in [6, 6.07) is 11.2. The van der Waals surface area contributed by atoms with Crippen molar-refractivity contribution in [2.24, 2.45) is 0 Å². The summed E-state index contributed by atoms with van der Waals surface area (Å²) < 4.78 is 31.3. The van der Waals surface area contributed by atoms with E-state index in [0.717, 1.165) is 16.3 Å². The summed E-state index contributed by atoms with van der Waals surface area (Å²) in [6.45, 7) is 0. The van der Waals surface area contributed by atoms with Gasteiger partial charge in [-0.05, 0) is 34.5 Å². The van der Waals surface area contributed by atoms with Crippen LogP contribution in [-0.4, -0.2) is 20.0 Å². The fourth-order valence-electron chi connectivity index (χ4n) is 2.50. The van der Waals surface area contributed by atoms with Crippen LogP contribution in [-0.2, 0) is 18.8 Å². The largest absolute Gasteiger partial charge is 0.406 e. The summed E-state index contributed by atoms with van der Waals surface area (Å²) in [4.78, 5) is 12.4. The first kappa shape index (κ1) is 11.8. The fourth-order valence-corrected chi connectivity index (χ4v) is 3.38. The van der Waals surface area contributed by atoms with Crippen molar-refractivity contribution >= 4 is 33.0 Å². The van der Waals surface area contributed by atoms with E-state index in [9.17, 15) is 13.2 Å². The molecule has 2 aliphatic rings. The highest BCUT2D eigenvalue weighted by Gasteiger charge is 2.58. The predicted octanol–water partition coefficient (Wildman–Crippen LogP) is 2.04. The predicted molar refractivity (Wildman–Crippen MR) is 71.1 cm³/mol. The number of Topliss-reactive ketones (excluding diaryl/α,β-unsaturated/α-hetero) is 1. The zero-order chi connectivity index (χ0) is 14.0. The van der Waals surface area contributed by atoms with Crippen molar-refractivity contribution < 1.29 is 21.6 Å². The Labute approximate surface area is 114 Å². The summed E-state index contributed by atoms with van der Waals surface area (Å²) in [6.07, 6.45) is 2.96. The molecular formula is C14H8O5S. The molecule has 0 radical (unpaired) electrons. The molecule has 4 rings (SSSR count). The van der Waals surface area contributed by atoms with E-state index in [0.29, 0.717) is 5.56 Å². The molecule has 1 spiro atoms. The Hall–Kier alpha value is -2.02. The molecule has 0 saturated carbocycles. The summed E-state index contributed by atoms with van der Waals surface area (Å²) in [7, 11) is -4.04. The van der Waals surface area contributed by atoms with Crippen molar-refractivity contribution in [3.63, 3.8) is 0 Å². The summed E-state index contributed by atoms with van der Waals surface area (Å²) in [5.74, 6) is -2.32. The standard InChI is InChI=1S/C14H8O5S/c15-13-12-8-10-4-2-1-3-9(10)7-11(12)5-6-14(13)18-20(16,17)19-14/h1-8H. The van der Waals surface area contributed by atoms with Gasteiger partial charge in [-0.15, -0.1) is 0 Å². The normalized spacial score (nSPS) is 21.7. The summed E-state index contributed by atoms with van der Waals surface area (Å²) in [5.41, 5.74) is 1.11. The highest BCUT2D eigenvalue weighted by molar-refractivity contribution is 7.83. The SMILES string of the molecule is O=C1c2cc3ccccc3cc2C=CC12OS(=O)(=O)O2. The van der Waals surface area contributed by atoms with Crippen LogP contribution < -0.4 is 0 Å². The monoisotopic (exact) mass is 288 g/mol. The molecule has 1 saturated heterocycles. The van der Waals surface area contributed by atoms with Crippen LogP contribution in [0.25, 0.3) is 16.8 Å². The van der Waals surface area contributed by atoms with Crippen molar-refractivity contribution in [1.82, 2.24) is 0 Å². The minimum absolute atomic E-state index is 0.390. The van der Waals surface area contributed by atoms with Gasteiger partial charge in [-0.25, -0.2) is 0 Å². The van der Waals surface area contributed by atoms with Gasteiger partial charge in [-0.3, -0.25) is 4.79 Å². The number of carbonyl (C=O) groups excluding carboxylic acids is 1. The minimum atomic E-state index is -4.04. The van der Waals surface area contributed by atoms with Gasteiger partial charge >= 0.3 is 10.4 Å². The van der Waals surface area contributed by atoms with Crippen molar-refractivity contribution in [2.75, 3.05) is 0 Å². The van der Waals surface area contributed by atoms with Gasteiger partial charge in [0.25, 0.3) is 5.79 Å². The van der Waals surface area contributed by atoms with E-state index in [-0.39, 0.29) is 0 Å². The molecule has 20 heavy (non-hydrogen) atoms. The Bertz CT molecular complexity index is 883. The maximum atomic E-state index is 12.4. The Morgan fingerprint density at radius 1 is 1.00 bits per heavy atom. The average molecular weight is 288 g/mol. The van der Waals surface area contributed by atoms with Crippen LogP contribution in [0.3, 0.4) is 0 Å². The zero-order valence-corrected chi connectivity index (χ0v) is 10.9. The van der Waals surface area contributed by atoms with Crippen LogP contribution in [0.1, 0.15) is 15.9 Å². The van der Waals surface area contributed by atoms with E-state index < -0.39 is 22.0 Å². The summed E-state index contributed by atoms with van der Waals surface area (Å²) >= 11 is 0. The molecule has 0 unspecified atom stereocenters. The lowest BCUT2D eigenvalue weighted by Gasteiger charge is -2.37. The van der Waals surface area contributed by atoms with Crippen molar-refractivity contribution in [2.45, 2.75) is 5.79 Å². The van der Waals surface area contributed by atoms with Gasteiger partial charge in [-0.2, -0.15) is 16.8 Å². The molecule has 2 aromatic rings. The van der Waals surface area contributed by atoms with Gasteiger partial charge < -0.3 is 0 Å². The van der Waals surface area contributed by atoms with Crippen LogP contribution in [0, 0.1) is 0 Å². The molecule has 1 heterocycles. The number of carbonyl (C=O) groups is 1. The number of hydrogen-bond donors (Lipinski definition) is 0. The number of hydrogen-bond acceptors (Lipinski definition) is 5. The Morgan fingerprint density at radius 2 is 1.65 bits per heavy atom. The lowest BCUT2D eigenvalue weighted by molar-refractivity contribution is -0.114. The number of benzene rings is 2. The molecule has 0 amide bonds. The molecule has 5 nitrogen and oxygen atoms in total. The van der Waals surface area contributed by atoms with Gasteiger partial charge in [0.1, 0.15) is 0 Å². The van der Waals surface area contributed by atoms with Gasteiger partial charge in [0.2, 0.25) is 5.78 Å². The Morgan fingerprint density at radius 3 is 2.30 bits per heavy atom. The third-order valence-corrected chi connectivity index (χ3v) is 4.32. The molecule has 100 valence electrons. The third-order valence-electron chi connectivity index (χ3n) is 3.41. The maximum absolute atomic E-state index is 12.4. The van der Waals surface area contributed by atoms with Gasteiger partial charge in [0, 0.05) is 5.56 Å².